The van der Waals surface area contributed by atoms with Gasteiger partial charge in [0.2, 0.25) is 5.91 Å². The molecule has 1 aromatic heterocycles. The van der Waals surface area contributed by atoms with Crippen LogP contribution in [0.2, 0.25) is 0 Å². The SMILES string of the molecule is CCOc1ccc(CC(=O)NCc2ncc(C)s2)cc1. The predicted molar refractivity (Wildman–Crippen MR) is 80.0 cm³/mol. The average molecular weight is 290 g/mol. The Morgan fingerprint density at radius 2 is 2.10 bits per heavy atom. The van der Waals surface area contributed by atoms with Crippen molar-refractivity contribution in [2.45, 2.75) is 26.8 Å². The molecule has 0 aliphatic carbocycles. The van der Waals surface area contributed by atoms with Crippen LogP contribution in [-0.2, 0) is 17.8 Å². The fourth-order valence-electron chi connectivity index (χ4n) is 1.78. The van der Waals surface area contributed by atoms with E-state index in [0.29, 0.717) is 19.6 Å². The van der Waals surface area contributed by atoms with Crippen molar-refractivity contribution in [1.29, 1.82) is 0 Å². The van der Waals surface area contributed by atoms with Gasteiger partial charge in [-0.2, -0.15) is 0 Å². The van der Waals surface area contributed by atoms with E-state index in [2.05, 4.69) is 10.3 Å². The van der Waals surface area contributed by atoms with Gasteiger partial charge >= 0.3 is 0 Å². The number of nitrogens with one attached hydrogen (secondary N) is 1. The van der Waals surface area contributed by atoms with Gasteiger partial charge in [-0.1, -0.05) is 12.1 Å². The molecule has 106 valence electrons. The van der Waals surface area contributed by atoms with Crippen LogP contribution < -0.4 is 10.1 Å². The zero-order chi connectivity index (χ0) is 14.4. The summed E-state index contributed by atoms with van der Waals surface area (Å²) in [4.78, 5) is 17.2. The Labute approximate surface area is 122 Å². The molecular formula is C15H18N2O2S. The summed E-state index contributed by atoms with van der Waals surface area (Å²) in [5.41, 5.74) is 0.973. The molecule has 20 heavy (non-hydrogen) atoms. The highest BCUT2D eigenvalue weighted by Crippen LogP contribution is 2.13. The molecule has 0 atom stereocenters. The standard InChI is InChI=1S/C15H18N2O2S/c1-3-19-13-6-4-12(5-7-13)8-14(18)16-10-15-17-9-11(2)20-15/h4-7,9H,3,8,10H2,1-2H3,(H,16,18). The first-order chi connectivity index (χ1) is 9.67. The first-order valence-corrected chi connectivity index (χ1v) is 7.38. The third kappa shape index (κ3) is 4.35. The first-order valence-electron chi connectivity index (χ1n) is 6.57. The van der Waals surface area contributed by atoms with Crippen LogP contribution in [0, 0.1) is 6.92 Å². The summed E-state index contributed by atoms with van der Waals surface area (Å²) in [7, 11) is 0. The number of thiazole rings is 1. The molecule has 0 unspecified atom stereocenters. The largest absolute Gasteiger partial charge is 0.494 e. The van der Waals surface area contributed by atoms with Gasteiger partial charge in [0, 0.05) is 11.1 Å². The summed E-state index contributed by atoms with van der Waals surface area (Å²) in [6, 6.07) is 7.60. The monoisotopic (exact) mass is 290 g/mol. The fourth-order valence-corrected chi connectivity index (χ4v) is 2.50. The predicted octanol–water partition coefficient (Wildman–Crippen LogP) is 2.71. The van der Waals surface area contributed by atoms with Gasteiger partial charge in [0.1, 0.15) is 10.8 Å². The molecule has 1 heterocycles. The molecule has 5 heteroatoms. The Morgan fingerprint density at radius 3 is 2.70 bits per heavy atom. The lowest BCUT2D eigenvalue weighted by atomic mass is 10.1. The van der Waals surface area contributed by atoms with E-state index in [9.17, 15) is 4.79 Å². The number of carbonyl (C=O) groups is 1. The molecule has 0 saturated carbocycles. The van der Waals surface area contributed by atoms with Crippen molar-refractivity contribution in [3.8, 4) is 5.75 Å². The van der Waals surface area contributed by atoms with Crippen molar-refractivity contribution in [2.75, 3.05) is 6.61 Å². The molecule has 1 N–H and O–H groups in total. The summed E-state index contributed by atoms with van der Waals surface area (Å²) in [5.74, 6) is 0.830. The Balaban J connectivity index is 1.81. The minimum atomic E-state index is 0.00186. The van der Waals surface area contributed by atoms with Crippen molar-refractivity contribution < 1.29 is 9.53 Å². The van der Waals surface area contributed by atoms with Gasteiger partial charge in [0.05, 0.1) is 19.6 Å². The number of hydrogen-bond acceptors (Lipinski definition) is 4. The highest BCUT2D eigenvalue weighted by atomic mass is 32.1. The molecule has 0 saturated heterocycles. The second-order valence-corrected chi connectivity index (χ2v) is 5.71. The van der Waals surface area contributed by atoms with Crippen LogP contribution in [0.15, 0.2) is 30.5 Å². The molecule has 2 rings (SSSR count). The zero-order valence-electron chi connectivity index (χ0n) is 11.7. The van der Waals surface area contributed by atoms with E-state index in [4.69, 9.17) is 4.74 Å². The third-order valence-corrected chi connectivity index (χ3v) is 3.62. The van der Waals surface area contributed by atoms with Crippen LogP contribution in [0.1, 0.15) is 22.4 Å². The molecule has 1 aromatic carbocycles. The molecular weight excluding hydrogens is 272 g/mol. The van der Waals surface area contributed by atoms with Crippen LogP contribution in [0.25, 0.3) is 0 Å². The van der Waals surface area contributed by atoms with E-state index >= 15 is 0 Å². The fraction of sp³-hybridized carbons (Fsp3) is 0.333. The maximum Gasteiger partial charge on any atom is 0.224 e. The van der Waals surface area contributed by atoms with Crippen molar-refractivity contribution in [1.82, 2.24) is 10.3 Å². The van der Waals surface area contributed by atoms with Crippen molar-refractivity contribution in [3.05, 3.63) is 45.9 Å². The summed E-state index contributed by atoms with van der Waals surface area (Å²) in [6.07, 6.45) is 2.19. The van der Waals surface area contributed by atoms with Crippen molar-refractivity contribution in [3.63, 3.8) is 0 Å². The topological polar surface area (TPSA) is 51.2 Å². The smallest absolute Gasteiger partial charge is 0.224 e. The number of hydrogen-bond donors (Lipinski definition) is 1. The zero-order valence-corrected chi connectivity index (χ0v) is 12.5. The highest BCUT2D eigenvalue weighted by Gasteiger charge is 2.05. The van der Waals surface area contributed by atoms with E-state index in [1.807, 2.05) is 44.3 Å². The maximum absolute atomic E-state index is 11.8. The lowest BCUT2D eigenvalue weighted by molar-refractivity contribution is -0.120. The van der Waals surface area contributed by atoms with Crippen LogP contribution in [0.4, 0.5) is 0 Å². The highest BCUT2D eigenvalue weighted by molar-refractivity contribution is 7.11. The number of aryl methyl sites for hydroxylation is 1. The maximum atomic E-state index is 11.8. The van der Waals surface area contributed by atoms with Crippen LogP contribution >= 0.6 is 11.3 Å². The van der Waals surface area contributed by atoms with Gasteiger partial charge in [0.25, 0.3) is 0 Å². The van der Waals surface area contributed by atoms with Gasteiger partial charge < -0.3 is 10.1 Å². The molecule has 0 bridgehead atoms. The summed E-state index contributed by atoms with van der Waals surface area (Å²) < 4.78 is 5.37. The van der Waals surface area contributed by atoms with Crippen LogP contribution in [-0.4, -0.2) is 17.5 Å². The molecule has 0 spiro atoms. The first kappa shape index (κ1) is 14.5. The number of nitrogens with zero attached hydrogens (tertiary/aromatic N) is 1. The van der Waals surface area contributed by atoms with E-state index < -0.39 is 0 Å². The lowest BCUT2D eigenvalue weighted by Gasteiger charge is -2.05. The van der Waals surface area contributed by atoms with E-state index in [1.165, 1.54) is 0 Å². The second kappa shape index (κ2) is 7.05. The van der Waals surface area contributed by atoms with E-state index in [-0.39, 0.29) is 5.91 Å². The van der Waals surface area contributed by atoms with Gasteiger partial charge in [-0.05, 0) is 31.5 Å². The molecule has 0 aliphatic rings. The summed E-state index contributed by atoms with van der Waals surface area (Å²) in [6.45, 7) is 5.09. The molecule has 0 aliphatic heterocycles. The van der Waals surface area contributed by atoms with Gasteiger partial charge in [-0.15, -0.1) is 11.3 Å². The summed E-state index contributed by atoms with van der Waals surface area (Å²) >= 11 is 1.60. The minimum Gasteiger partial charge on any atom is -0.494 e. The normalized spacial score (nSPS) is 10.3. The van der Waals surface area contributed by atoms with Gasteiger partial charge in [0.15, 0.2) is 0 Å². The molecule has 0 fully saturated rings. The van der Waals surface area contributed by atoms with Gasteiger partial charge in [-0.3, -0.25) is 4.79 Å². The Bertz CT molecular complexity index is 564. The average Bonchev–Trinajstić information content (AvgIpc) is 2.85. The summed E-state index contributed by atoms with van der Waals surface area (Å²) in [5, 5.41) is 3.81. The quantitative estimate of drug-likeness (QED) is 0.890. The minimum absolute atomic E-state index is 0.00186. The number of rotatable bonds is 6. The number of aromatic nitrogens is 1. The van der Waals surface area contributed by atoms with Gasteiger partial charge in [-0.25, -0.2) is 4.98 Å². The third-order valence-electron chi connectivity index (χ3n) is 2.70. The van der Waals surface area contributed by atoms with E-state index in [1.54, 1.807) is 11.3 Å². The van der Waals surface area contributed by atoms with E-state index in [0.717, 1.165) is 21.2 Å². The number of benzene rings is 1. The second-order valence-electron chi connectivity index (χ2n) is 4.40. The number of ether oxygens (including phenoxy) is 1. The Morgan fingerprint density at radius 1 is 1.35 bits per heavy atom. The molecule has 2 aromatic rings. The Hall–Kier alpha value is -1.88. The molecule has 0 radical (unpaired) electrons. The number of carbonyl (C=O) groups excluding carboxylic acids is 1. The van der Waals surface area contributed by atoms with Crippen LogP contribution in [0.3, 0.4) is 0 Å². The van der Waals surface area contributed by atoms with Crippen LogP contribution in [0.5, 0.6) is 5.75 Å². The lowest BCUT2D eigenvalue weighted by Crippen LogP contribution is -2.24. The number of amides is 1. The molecule has 1 amide bonds. The van der Waals surface area contributed by atoms with Crippen molar-refractivity contribution in [2.24, 2.45) is 0 Å². The van der Waals surface area contributed by atoms with Crippen molar-refractivity contribution >= 4 is 17.2 Å². The Kier molecular flexibility index (Phi) is 5.12. The molecule has 4 nitrogen and oxygen atoms in total.